The van der Waals surface area contributed by atoms with Crippen LogP contribution in [0.1, 0.15) is 23.0 Å². The minimum absolute atomic E-state index is 0.0298. The summed E-state index contributed by atoms with van der Waals surface area (Å²) in [4.78, 5) is 28.4. The first-order valence-corrected chi connectivity index (χ1v) is 8.35. The summed E-state index contributed by atoms with van der Waals surface area (Å²) < 4.78 is 0.934. The number of hydrogen-bond donors (Lipinski definition) is 1. The molecule has 1 aromatic rings. The number of piperazine rings is 1. The van der Waals surface area contributed by atoms with Crippen molar-refractivity contribution in [3.8, 4) is 0 Å². The number of thiophene rings is 1. The standard InChI is InChI=1S/C13H18BrN3O2S/c1-2-3-15-13(19)17-6-4-16(5-7-17)12(18)11-8-10(14)9-20-11/h8-9H,2-7H2,1H3,(H,15,19). The van der Waals surface area contributed by atoms with E-state index in [2.05, 4.69) is 21.2 Å². The van der Waals surface area contributed by atoms with Gasteiger partial charge in [0.1, 0.15) is 0 Å². The monoisotopic (exact) mass is 359 g/mol. The van der Waals surface area contributed by atoms with Crippen LogP contribution in [-0.2, 0) is 0 Å². The van der Waals surface area contributed by atoms with E-state index < -0.39 is 0 Å². The Bertz CT molecular complexity index is 484. The van der Waals surface area contributed by atoms with E-state index in [1.807, 2.05) is 23.3 Å². The third kappa shape index (κ3) is 3.73. The highest BCUT2D eigenvalue weighted by Crippen LogP contribution is 2.21. The van der Waals surface area contributed by atoms with Crippen molar-refractivity contribution in [3.05, 3.63) is 20.8 Å². The first kappa shape index (κ1) is 15.3. The van der Waals surface area contributed by atoms with Crippen LogP contribution in [0, 0.1) is 0 Å². The summed E-state index contributed by atoms with van der Waals surface area (Å²) in [5.41, 5.74) is 0. The van der Waals surface area contributed by atoms with Crippen LogP contribution in [0.2, 0.25) is 0 Å². The molecule has 1 N–H and O–H groups in total. The Kier molecular flexibility index (Phi) is 5.42. The van der Waals surface area contributed by atoms with E-state index in [0.29, 0.717) is 32.7 Å². The van der Waals surface area contributed by atoms with Crippen molar-refractivity contribution in [3.63, 3.8) is 0 Å². The van der Waals surface area contributed by atoms with Gasteiger partial charge in [0, 0.05) is 42.6 Å². The molecule has 3 amide bonds. The summed E-state index contributed by atoms with van der Waals surface area (Å²) in [6.45, 7) is 5.08. The second-order valence-corrected chi connectivity index (χ2v) is 6.47. The van der Waals surface area contributed by atoms with Gasteiger partial charge in [0.15, 0.2) is 0 Å². The van der Waals surface area contributed by atoms with Crippen LogP contribution in [-0.4, -0.2) is 54.5 Å². The average molecular weight is 360 g/mol. The van der Waals surface area contributed by atoms with Crippen molar-refractivity contribution in [1.82, 2.24) is 15.1 Å². The smallest absolute Gasteiger partial charge is 0.317 e. The average Bonchev–Trinajstić information content (AvgIpc) is 2.90. The summed E-state index contributed by atoms with van der Waals surface area (Å²) in [5, 5.41) is 4.76. The van der Waals surface area contributed by atoms with E-state index in [1.54, 1.807) is 4.90 Å². The first-order chi connectivity index (χ1) is 9.61. The molecule has 1 aliphatic rings. The minimum Gasteiger partial charge on any atom is -0.338 e. The van der Waals surface area contributed by atoms with E-state index in [-0.39, 0.29) is 11.9 Å². The number of urea groups is 1. The molecule has 1 fully saturated rings. The van der Waals surface area contributed by atoms with E-state index in [1.165, 1.54) is 11.3 Å². The van der Waals surface area contributed by atoms with E-state index >= 15 is 0 Å². The minimum atomic E-state index is -0.0298. The third-order valence-corrected chi connectivity index (χ3v) is 4.84. The fourth-order valence-electron chi connectivity index (χ4n) is 2.04. The van der Waals surface area contributed by atoms with Gasteiger partial charge in [0.25, 0.3) is 5.91 Å². The van der Waals surface area contributed by atoms with E-state index in [4.69, 9.17) is 0 Å². The Morgan fingerprint density at radius 1 is 1.30 bits per heavy atom. The number of nitrogens with one attached hydrogen (secondary N) is 1. The number of hydrogen-bond acceptors (Lipinski definition) is 3. The highest BCUT2D eigenvalue weighted by Gasteiger charge is 2.25. The largest absolute Gasteiger partial charge is 0.338 e. The normalized spacial score (nSPS) is 15.3. The molecule has 0 saturated carbocycles. The van der Waals surface area contributed by atoms with E-state index in [9.17, 15) is 9.59 Å². The summed E-state index contributed by atoms with van der Waals surface area (Å²) in [6.07, 6.45) is 0.928. The van der Waals surface area contributed by atoms with Gasteiger partial charge in [-0.15, -0.1) is 11.3 Å². The zero-order chi connectivity index (χ0) is 14.5. The fraction of sp³-hybridized carbons (Fsp3) is 0.538. The molecule has 0 atom stereocenters. The summed E-state index contributed by atoms with van der Waals surface area (Å²) >= 11 is 4.79. The maximum absolute atomic E-state index is 12.3. The molecule has 20 heavy (non-hydrogen) atoms. The Morgan fingerprint density at radius 2 is 1.95 bits per heavy atom. The van der Waals surface area contributed by atoms with Crippen molar-refractivity contribution in [2.75, 3.05) is 32.7 Å². The molecular formula is C13H18BrN3O2S. The topological polar surface area (TPSA) is 52.7 Å². The molecule has 110 valence electrons. The maximum atomic E-state index is 12.3. The van der Waals surface area contributed by atoms with Gasteiger partial charge in [-0.05, 0) is 28.4 Å². The van der Waals surface area contributed by atoms with Crippen LogP contribution in [0.4, 0.5) is 4.79 Å². The molecule has 0 bridgehead atoms. The predicted octanol–water partition coefficient (Wildman–Crippen LogP) is 2.39. The molecule has 1 saturated heterocycles. The Hall–Kier alpha value is -1.08. The van der Waals surface area contributed by atoms with Crippen molar-refractivity contribution in [2.24, 2.45) is 0 Å². The summed E-state index contributed by atoms with van der Waals surface area (Å²) in [5.74, 6) is 0.0503. The Labute approximate surface area is 131 Å². The van der Waals surface area contributed by atoms with Gasteiger partial charge in [-0.2, -0.15) is 0 Å². The number of carbonyl (C=O) groups is 2. The first-order valence-electron chi connectivity index (χ1n) is 6.68. The lowest BCUT2D eigenvalue weighted by atomic mass is 10.3. The lowest BCUT2D eigenvalue weighted by Crippen LogP contribution is -2.53. The number of rotatable bonds is 3. The van der Waals surface area contributed by atoms with Crippen LogP contribution >= 0.6 is 27.3 Å². The van der Waals surface area contributed by atoms with Gasteiger partial charge in [0.05, 0.1) is 4.88 Å². The van der Waals surface area contributed by atoms with Crippen molar-refractivity contribution >= 4 is 39.2 Å². The zero-order valence-corrected chi connectivity index (χ0v) is 13.8. The van der Waals surface area contributed by atoms with Gasteiger partial charge >= 0.3 is 6.03 Å². The molecule has 0 aliphatic carbocycles. The van der Waals surface area contributed by atoms with Gasteiger partial charge in [-0.3, -0.25) is 4.79 Å². The molecule has 1 aliphatic heterocycles. The number of nitrogens with zero attached hydrogens (tertiary/aromatic N) is 2. The lowest BCUT2D eigenvalue weighted by Gasteiger charge is -2.34. The fourth-order valence-corrected chi connectivity index (χ4v) is 3.43. The predicted molar refractivity (Wildman–Crippen MR) is 83.2 cm³/mol. The number of halogens is 1. The zero-order valence-electron chi connectivity index (χ0n) is 11.4. The van der Waals surface area contributed by atoms with Crippen molar-refractivity contribution in [2.45, 2.75) is 13.3 Å². The van der Waals surface area contributed by atoms with Crippen LogP contribution in [0.25, 0.3) is 0 Å². The molecule has 0 aromatic carbocycles. The molecule has 0 spiro atoms. The van der Waals surface area contributed by atoms with Crippen molar-refractivity contribution < 1.29 is 9.59 Å². The van der Waals surface area contributed by atoms with E-state index in [0.717, 1.165) is 15.8 Å². The molecule has 2 rings (SSSR count). The summed E-state index contributed by atoms with van der Waals surface area (Å²) in [7, 11) is 0. The molecule has 0 radical (unpaired) electrons. The van der Waals surface area contributed by atoms with Crippen LogP contribution < -0.4 is 5.32 Å². The van der Waals surface area contributed by atoms with Crippen molar-refractivity contribution in [1.29, 1.82) is 0 Å². The highest BCUT2D eigenvalue weighted by atomic mass is 79.9. The second-order valence-electron chi connectivity index (χ2n) is 4.64. The SMILES string of the molecule is CCCNC(=O)N1CCN(C(=O)c2cc(Br)cs2)CC1. The van der Waals surface area contributed by atoms with Crippen LogP contribution in [0.5, 0.6) is 0 Å². The highest BCUT2D eigenvalue weighted by molar-refractivity contribution is 9.10. The van der Waals surface area contributed by atoms with Crippen LogP contribution in [0.3, 0.4) is 0 Å². The molecule has 7 heteroatoms. The van der Waals surface area contributed by atoms with Gasteiger partial charge < -0.3 is 15.1 Å². The second kappa shape index (κ2) is 7.08. The molecule has 5 nitrogen and oxygen atoms in total. The Balaban J connectivity index is 1.85. The van der Waals surface area contributed by atoms with Gasteiger partial charge in [-0.25, -0.2) is 4.79 Å². The molecular weight excluding hydrogens is 342 g/mol. The lowest BCUT2D eigenvalue weighted by molar-refractivity contribution is 0.0670. The number of carbonyl (C=O) groups excluding carboxylic acids is 2. The molecule has 2 heterocycles. The quantitative estimate of drug-likeness (QED) is 0.900. The number of amides is 3. The Morgan fingerprint density at radius 3 is 2.50 bits per heavy atom. The third-order valence-electron chi connectivity index (χ3n) is 3.16. The van der Waals surface area contributed by atoms with Gasteiger partial charge in [-0.1, -0.05) is 6.92 Å². The summed E-state index contributed by atoms with van der Waals surface area (Å²) in [6, 6.07) is 1.81. The molecule has 1 aromatic heterocycles. The molecule has 0 unspecified atom stereocenters. The van der Waals surface area contributed by atoms with Crippen LogP contribution in [0.15, 0.2) is 15.9 Å². The van der Waals surface area contributed by atoms with Gasteiger partial charge in [0.2, 0.25) is 0 Å². The maximum Gasteiger partial charge on any atom is 0.317 e.